The number of thioether (sulfide) groups is 1. The van der Waals surface area contributed by atoms with Crippen LogP contribution in [0.15, 0.2) is 175 Å². The number of nitrogens with one attached hydrogen (secondary N) is 1. The van der Waals surface area contributed by atoms with Crippen LogP contribution in [0.25, 0.3) is 67.2 Å². The van der Waals surface area contributed by atoms with Gasteiger partial charge in [0.1, 0.15) is 5.37 Å². The van der Waals surface area contributed by atoms with Crippen molar-refractivity contribution in [1.82, 2.24) is 15.0 Å². The van der Waals surface area contributed by atoms with Crippen LogP contribution in [-0.2, 0) is 0 Å². The molecule has 0 radical (unpaired) electrons. The van der Waals surface area contributed by atoms with Gasteiger partial charge in [0, 0.05) is 27.3 Å². The van der Waals surface area contributed by atoms with Crippen LogP contribution in [0.1, 0.15) is 10.9 Å². The van der Waals surface area contributed by atoms with Gasteiger partial charge in [-0.1, -0.05) is 169 Å². The molecule has 1 N–H and O–H groups in total. The Bertz CT molecular complexity index is 2370. The molecule has 0 saturated carbocycles. The Kier molecular flexibility index (Phi) is 7.45. The molecule has 8 aromatic rings. The minimum absolute atomic E-state index is 0.223. The monoisotopic (exact) mass is 646 g/mol. The van der Waals surface area contributed by atoms with Crippen molar-refractivity contribution in [2.24, 2.45) is 0 Å². The highest BCUT2D eigenvalue weighted by atomic mass is 32.2. The zero-order valence-corrected chi connectivity index (χ0v) is 27.3. The minimum Gasteiger partial charge on any atom is -0.368 e. The molecule has 49 heavy (non-hydrogen) atoms. The van der Waals surface area contributed by atoms with E-state index in [9.17, 15) is 0 Å². The van der Waals surface area contributed by atoms with E-state index >= 15 is 0 Å². The summed E-state index contributed by atoms with van der Waals surface area (Å²) in [7, 11) is 0. The van der Waals surface area contributed by atoms with E-state index in [4.69, 9.17) is 15.0 Å². The van der Waals surface area contributed by atoms with Crippen molar-refractivity contribution in [3.8, 4) is 56.4 Å². The van der Waals surface area contributed by atoms with E-state index in [2.05, 4.69) is 115 Å². The third-order valence-electron chi connectivity index (χ3n) is 9.00. The van der Waals surface area contributed by atoms with Crippen molar-refractivity contribution in [3.05, 3.63) is 175 Å². The molecular weight excluding hydrogens is 617 g/mol. The van der Waals surface area contributed by atoms with Crippen LogP contribution in [-0.4, -0.2) is 15.0 Å². The lowest BCUT2D eigenvalue weighted by molar-refractivity contribution is 1.07. The largest absolute Gasteiger partial charge is 0.368 e. The molecule has 1 unspecified atom stereocenters. The van der Waals surface area contributed by atoms with Crippen LogP contribution in [0.4, 0.5) is 5.69 Å². The zero-order valence-electron chi connectivity index (χ0n) is 26.5. The van der Waals surface area contributed by atoms with Gasteiger partial charge < -0.3 is 5.32 Å². The van der Waals surface area contributed by atoms with Crippen molar-refractivity contribution in [2.75, 3.05) is 5.32 Å². The van der Waals surface area contributed by atoms with Gasteiger partial charge in [0.15, 0.2) is 17.5 Å². The maximum Gasteiger partial charge on any atom is 0.164 e. The molecular formula is C44H30N4S. The van der Waals surface area contributed by atoms with Crippen molar-refractivity contribution in [1.29, 1.82) is 0 Å². The van der Waals surface area contributed by atoms with Gasteiger partial charge in [0.05, 0.1) is 0 Å². The molecule has 1 aliphatic heterocycles. The first kappa shape index (κ1) is 29.1. The SMILES string of the molecule is c1ccc(-c2nc(-c3ccccc3)nc(-c3ccc(-c4cccc5c(-c6ccc7c(c6)SC(c6ccccc6)N7)cccc45)cc3)n2)cc1. The van der Waals surface area contributed by atoms with E-state index in [0.29, 0.717) is 17.5 Å². The highest BCUT2D eigenvalue weighted by molar-refractivity contribution is 8.00. The van der Waals surface area contributed by atoms with Gasteiger partial charge in [-0.15, -0.1) is 0 Å². The number of nitrogens with zero attached hydrogens (tertiary/aromatic N) is 3. The molecule has 0 aliphatic carbocycles. The lowest BCUT2D eigenvalue weighted by Gasteiger charge is -2.13. The fourth-order valence-electron chi connectivity index (χ4n) is 6.53. The Hall–Kier alpha value is -6.04. The summed E-state index contributed by atoms with van der Waals surface area (Å²) in [4.78, 5) is 15.9. The molecule has 1 aromatic heterocycles. The van der Waals surface area contributed by atoms with E-state index in [1.165, 1.54) is 43.6 Å². The number of anilines is 1. The minimum atomic E-state index is 0.223. The van der Waals surface area contributed by atoms with Gasteiger partial charge in [-0.25, -0.2) is 15.0 Å². The number of benzene rings is 7. The predicted molar refractivity (Wildman–Crippen MR) is 203 cm³/mol. The lowest BCUT2D eigenvalue weighted by Crippen LogP contribution is -2.00. The molecule has 232 valence electrons. The highest BCUT2D eigenvalue weighted by Crippen LogP contribution is 2.48. The maximum absolute atomic E-state index is 4.92. The summed E-state index contributed by atoms with van der Waals surface area (Å²) in [5, 5.41) is 6.36. The van der Waals surface area contributed by atoms with Crippen molar-refractivity contribution < 1.29 is 0 Å². The predicted octanol–water partition coefficient (Wildman–Crippen LogP) is 11.6. The number of hydrogen-bond donors (Lipinski definition) is 1. The summed E-state index contributed by atoms with van der Waals surface area (Å²) >= 11 is 1.88. The topological polar surface area (TPSA) is 50.7 Å². The summed E-state index contributed by atoms with van der Waals surface area (Å²) in [6.45, 7) is 0. The van der Waals surface area contributed by atoms with Crippen molar-refractivity contribution >= 4 is 28.2 Å². The van der Waals surface area contributed by atoms with Crippen LogP contribution >= 0.6 is 11.8 Å². The third-order valence-corrected chi connectivity index (χ3v) is 10.2. The van der Waals surface area contributed by atoms with Crippen LogP contribution in [0.2, 0.25) is 0 Å². The standard InChI is InChI=1S/C44H30N4S/c1-4-12-30(13-5-1)41-46-42(31-14-6-2-7-15-31)48-43(47-41)32-24-22-29(23-25-32)35-18-10-21-38-36(19-11-20-37(35)38)34-26-27-39-40(28-34)49-44(45-39)33-16-8-3-9-17-33/h1-28,44-45H. The summed E-state index contributed by atoms with van der Waals surface area (Å²) in [6, 6.07) is 59.4. The van der Waals surface area contributed by atoms with E-state index in [-0.39, 0.29) is 5.37 Å². The van der Waals surface area contributed by atoms with Gasteiger partial charge in [0.25, 0.3) is 0 Å². The van der Waals surface area contributed by atoms with Gasteiger partial charge in [-0.2, -0.15) is 0 Å². The van der Waals surface area contributed by atoms with Gasteiger partial charge in [-0.05, 0) is 50.7 Å². The van der Waals surface area contributed by atoms with Gasteiger partial charge >= 0.3 is 0 Å². The molecule has 0 spiro atoms. The first-order valence-electron chi connectivity index (χ1n) is 16.4. The Morgan fingerprint density at radius 2 is 0.878 bits per heavy atom. The Morgan fingerprint density at radius 1 is 0.408 bits per heavy atom. The van der Waals surface area contributed by atoms with E-state index in [0.717, 1.165) is 22.3 Å². The molecule has 1 atom stereocenters. The number of hydrogen-bond acceptors (Lipinski definition) is 5. The van der Waals surface area contributed by atoms with Gasteiger partial charge in [-0.3, -0.25) is 0 Å². The number of rotatable bonds is 6. The molecule has 4 nitrogen and oxygen atoms in total. The summed E-state index contributed by atoms with van der Waals surface area (Å²) < 4.78 is 0. The molecule has 1 aliphatic rings. The fourth-order valence-corrected chi connectivity index (χ4v) is 7.72. The molecule has 7 aromatic carbocycles. The molecule has 0 fully saturated rings. The summed E-state index contributed by atoms with van der Waals surface area (Å²) in [6.07, 6.45) is 0. The first-order chi connectivity index (χ1) is 24.3. The zero-order chi connectivity index (χ0) is 32.6. The maximum atomic E-state index is 4.92. The van der Waals surface area contributed by atoms with Crippen molar-refractivity contribution in [3.63, 3.8) is 0 Å². The normalized spacial score (nSPS) is 13.6. The average molecular weight is 647 g/mol. The Labute approximate surface area is 289 Å². The average Bonchev–Trinajstić information content (AvgIpc) is 3.62. The molecule has 0 bridgehead atoms. The number of aromatic nitrogens is 3. The quantitative estimate of drug-likeness (QED) is 0.195. The summed E-state index contributed by atoms with van der Waals surface area (Å²) in [5.41, 5.74) is 10.1. The second kappa shape index (κ2) is 12.5. The summed E-state index contributed by atoms with van der Waals surface area (Å²) in [5.74, 6) is 1.97. The van der Waals surface area contributed by atoms with E-state index in [1.807, 2.05) is 72.4 Å². The van der Waals surface area contributed by atoms with E-state index in [1.54, 1.807) is 0 Å². The smallest absolute Gasteiger partial charge is 0.164 e. The third kappa shape index (κ3) is 5.64. The van der Waals surface area contributed by atoms with Crippen molar-refractivity contribution in [2.45, 2.75) is 10.3 Å². The van der Waals surface area contributed by atoms with Crippen LogP contribution in [0, 0.1) is 0 Å². The molecule has 2 heterocycles. The molecule has 5 heteroatoms. The van der Waals surface area contributed by atoms with Crippen LogP contribution in [0.3, 0.4) is 0 Å². The highest BCUT2D eigenvalue weighted by Gasteiger charge is 2.23. The van der Waals surface area contributed by atoms with E-state index < -0.39 is 0 Å². The second-order valence-electron chi connectivity index (χ2n) is 12.1. The first-order valence-corrected chi connectivity index (χ1v) is 17.3. The Morgan fingerprint density at radius 3 is 1.45 bits per heavy atom. The van der Waals surface area contributed by atoms with Crippen LogP contribution in [0.5, 0.6) is 0 Å². The lowest BCUT2D eigenvalue weighted by atomic mass is 9.92. The fraction of sp³-hybridized carbons (Fsp3) is 0.0227. The molecule has 0 amide bonds. The molecule has 0 saturated heterocycles. The molecule has 9 rings (SSSR count). The van der Waals surface area contributed by atoms with Gasteiger partial charge in [0.2, 0.25) is 0 Å². The Balaban J connectivity index is 1.06. The number of fused-ring (bicyclic) bond motifs is 2. The second-order valence-corrected chi connectivity index (χ2v) is 13.2. The van der Waals surface area contributed by atoms with Crippen LogP contribution < -0.4 is 5.32 Å².